The number of para-hydroxylation sites is 1. The number of amides is 2. The Labute approximate surface area is 139 Å². The molecule has 0 spiro atoms. The fourth-order valence-corrected chi connectivity index (χ4v) is 2.01. The summed E-state index contributed by atoms with van der Waals surface area (Å²) in [4.78, 5) is 25.6. The van der Waals surface area contributed by atoms with Crippen LogP contribution in [-0.2, 0) is 4.79 Å². The van der Waals surface area contributed by atoms with Crippen molar-refractivity contribution in [2.45, 2.75) is 13.3 Å². The number of carbonyl (C=O) groups excluding carboxylic acids is 2. The second-order valence-electron chi connectivity index (χ2n) is 5.26. The Balaban J connectivity index is 1.94. The topological polar surface area (TPSA) is 61.8 Å². The first-order valence-corrected chi connectivity index (χ1v) is 7.38. The number of hydrazone groups is 1. The quantitative estimate of drug-likeness (QED) is 0.678. The second kappa shape index (κ2) is 8.01. The SMILES string of the molecule is C/C(CC(=O)N(C)c1ccccc1)=N/NC(=O)c1cccc(F)c1. The molecule has 1 N–H and O–H groups in total. The van der Waals surface area contributed by atoms with Crippen molar-refractivity contribution in [3.05, 3.63) is 66.0 Å². The molecule has 6 heteroatoms. The van der Waals surface area contributed by atoms with E-state index < -0.39 is 11.7 Å². The van der Waals surface area contributed by atoms with Crippen LogP contribution in [0.5, 0.6) is 0 Å². The zero-order valence-corrected chi connectivity index (χ0v) is 13.5. The first-order valence-electron chi connectivity index (χ1n) is 7.38. The van der Waals surface area contributed by atoms with Crippen molar-refractivity contribution in [3.8, 4) is 0 Å². The molecular weight excluding hydrogens is 309 g/mol. The van der Waals surface area contributed by atoms with Crippen molar-refractivity contribution < 1.29 is 14.0 Å². The highest BCUT2D eigenvalue weighted by Crippen LogP contribution is 2.12. The van der Waals surface area contributed by atoms with Crippen LogP contribution in [0.2, 0.25) is 0 Å². The van der Waals surface area contributed by atoms with E-state index in [-0.39, 0.29) is 17.9 Å². The van der Waals surface area contributed by atoms with Gasteiger partial charge in [0.05, 0.1) is 6.42 Å². The maximum absolute atomic E-state index is 13.1. The Morgan fingerprint density at radius 1 is 1.12 bits per heavy atom. The van der Waals surface area contributed by atoms with Crippen LogP contribution in [0.3, 0.4) is 0 Å². The van der Waals surface area contributed by atoms with Gasteiger partial charge < -0.3 is 4.90 Å². The molecule has 0 saturated heterocycles. The Kier molecular flexibility index (Phi) is 5.78. The zero-order valence-electron chi connectivity index (χ0n) is 13.5. The van der Waals surface area contributed by atoms with Crippen molar-refractivity contribution in [1.82, 2.24) is 5.43 Å². The third-order valence-corrected chi connectivity index (χ3v) is 3.36. The summed E-state index contributed by atoms with van der Waals surface area (Å²) in [6.07, 6.45) is 0.0643. The minimum Gasteiger partial charge on any atom is -0.315 e. The summed E-state index contributed by atoms with van der Waals surface area (Å²) in [5.41, 5.74) is 3.72. The Bertz CT molecular complexity index is 760. The van der Waals surface area contributed by atoms with Gasteiger partial charge in [0.25, 0.3) is 5.91 Å². The van der Waals surface area contributed by atoms with E-state index in [4.69, 9.17) is 0 Å². The molecule has 2 amide bonds. The smallest absolute Gasteiger partial charge is 0.271 e. The number of halogens is 1. The van der Waals surface area contributed by atoms with Gasteiger partial charge in [-0.25, -0.2) is 9.82 Å². The van der Waals surface area contributed by atoms with Crippen LogP contribution in [-0.4, -0.2) is 24.6 Å². The van der Waals surface area contributed by atoms with Crippen molar-refractivity contribution in [1.29, 1.82) is 0 Å². The molecule has 0 unspecified atom stereocenters. The molecule has 2 aromatic rings. The van der Waals surface area contributed by atoms with E-state index in [0.29, 0.717) is 5.71 Å². The molecule has 0 aliphatic rings. The maximum Gasteiger partial charge on any atom is 0.271 e. The van der Waals surface area contributed by atoms with Crippen LogP contribution in [0.4, 0.5) is 10.1 Å². The highest BCUT2D eigenvalue weighted by atomic mass is 19.1. The summed E-state index contributed by atoms with van der Waals surface area (Å²) < 4.78 is 13.1. The highest BCUT2D eigenvalue weighted by molar-refractivity contribution is 6.07. The summed E-state index contributed by atoms with van der Waals surface area (Å²) >= 11 is 0. The number of nitrogens with zero attached hydrogens (tertiary/aromatic N) is 2. The monoisotopic (exact) mass is 327 g/mol. The van der Waals surface area contributed by atoms with Gasteiger partial charge in [-0.05, 0) is 37.3 Å². The summed E-state index contributed by atoms with van der Waals surface area (Å²) in [5, 5.41) is 3.89. The van der Waals surface area contributed by atoms with Gasteiger partial charge in [-0.15, -0.1) is 0 Å². The second-order valence-corrected chi connectivity index (χ2v) is 5.26. The minimum atomic E-state index is -0.530. The molecule has 0 saturated carbocycles. The lowest BCUT2D eigenvalue weighted by Gasteiger charge is -2.17. The number of hydrogen-bond acceptors (Lipinski definition) is 3. The number of anilines is 1. The molecule has 0 heterocycles. The van der Waals surface area contributed by atoms with Crippen molar-refractivity contribution >= 4 is 23.2 Å². The Hall–Kier alpha value is -3.02. The normalized spacial score (nSPS) is 11.0. The van der Waals surface area contributed by atoms with Gasteiger partial charge in [-0.3, -0.25) is 9.59 Å². The molecule has 24 heavy (non-hydrogen) atoms. The summed E-state index contributed by atoms with van der Waals surface area (Å²) in [5.74, 6) is -1.18. The summed E-state index contributed by atoms with van der Waals surface area (Å²) in [6.45, 7) is 1.64. The van der Waals surface area contributed by atoms with E-state index in [0.717, 1.165) is 11.8 Å². The van der Waals surface area contributed by atoms with Gasteiger partial charge in [0.2, 0.25) is 5.91 Å². The molecule has 0 bridgehead atoms. The predicted molar refractivity (Wildman–Crippen MR) is 91.4 cm³/mol. The number of hydrogen-bond donors (Lipinski definition) is 1. The first-order chi connectivity index (χ1) is 11.5. The molecule has 0 aromatic heterocycles. The molecule has 0 fully saturated rings. The zero-order chi connectivity index (χ0) is 17.5. The molecule has 0 radical (unpaired) electrons. The molecule has 5 nitrogen and oxygen atoms in total. The van der Waals surface area contributed by atoms with Gasteiger partial charge in [-0.2, -0.15) is 5.10 Å². The molecular formula is C18H18FN3O2. The van der Waals surface area contributed by atoms with Crippen LogP contribution in [0.25, 0.3) is 0 Å². The van der Waals surface area contributed by atoms with Gasteiger partial charge in [0.15, 0.2) is 0 Å². The number of nitrogens with one attached hydrogen (secondary N) is 1. The fraction of sp³-hybridized carbons (Fsp3) is 0.167. The molecule has 0 atom stereocenters. The minimum absolute atomic E-state index is 0.0643. The van der Waals surface area contributed by atoms with Crippen LogP contribution >= 0.6 is 0 Å². The Morgan fingerprint density at radius 2 is 1.83 bits per heavy atom. The van der Waals surface area contributed by atoms with E-state index in [1.54, 1.807) is 14.0 Å². The third kappa shape index (κ3) is 4.74. The average molecular weight is 327 g/mol. The van der Waals surface area contributed by atoms with Gasteiger partial charge in [0.1, 0.15) is 5.82 Å². The van der Waals surface area contributed by atoms with Crippen molar-refractivity contribution in [3.63, 3.8) is 0 Å². The first kappa shape index (κ1) is 17.3. The summed E-state index contributed by atoms with van der Waals surface area (Å²) in [7, 11) is 1.68. The molecule has 2 rings (SSSR count). The van der Waals surface area contributed by atoms with E-state index in [2.05, 4.69) is 10.5 Å². The van der Waals surface area contributed by atoms with E-state index >= 15 is 0 Å². The van der Waals surface area contributed by atoms with Gasteiger partial charge >= 0.3 is 0 Å². The largest absolute Gasteiger partial charge is 0.315 e. The lowest BCUT2D eigenvalue weighted by molar-refractivity contribution is -0.117. The van der Waals surface area contributed by atoms with Gasteiger partial charge in [-0.1, -0.05) is 24.3 Å². The lowest BCUT2D eigenvalue weighted by atomic mass is 10.2. The van der Waals surface area contributed by atoms with E-state index in [1.807, 2.05) is 30.3 Å². The average Bonchev–Trinajstić information content (AvgIpc) is 2.59. The molecule has 124 valence electrons. The third-order valence-electron chi connectivity index (χ3n) is 3.36. The lowest BCUT2D eigenvalue weighted by Crippen LogP contribution is -2.28. The molecule has 0 aliphatic carbocycles. The predicted octanol–water partition coefficient (Wildman–Crippen LogP) is 2.98. The summed E-state index contributed by atoms with van der Waals surface area (Å²) in [6, 6.07) is 14.5. The van der Waals surface area contributed by atoms with Gasteiger partial charge in [0, 0.05) is 24.0 Å². The highest BCUT2D eigenvalue weighted by Gasteiger charge is 2.12. The maximum atomic E-state index is 13.1. The molecule has 2 aromatic carbocycles. The standard InChI is InChI=1S/C18H18FN3O2/c1-13(11-17(23)22(2)16-9-4-3-5-10-16)20-21-18(24)14-7-6-8-15(19)12-14/h3-10,12H,11H2,1-2H3,(H,21,24)/b20-13-. The fourth-order valence-electron chi connectivity index (χ4n) is 2.01. The van der Waals surface area contributed by atoms with E-state index in [1.165, 1.54) is 23.1 Å². The van der Waals surface area contributed by atoms with Crippen LogP contribution < -0.4 is 10.3 Å². The van der Waals surface area contributed by atoms with Crippen LogP contribution in [0, 0.1) is 5.82 Å². The van der Waals surface area contributed by atoms with E-state index in [9.17, 15) is 14.0 Å². The molecule has 0 aliphatic heterocycles. The van der Waals surface area contributed by atoms with Crippen LogP contribution in [0.1, 0.15) is 23.7 Å². The van der Waals surface area contributed by atoms with Crippen LogP contribution in [0.15, 0.2) is 59.7 Å². The number of carbonyl (C=O) groups is 2. The Morgan fingerprint density at radius 3 is 2.50 bits per heavy atom. The van der Waals surface area contributed by atoms with Crippen molar-refractivity contribution in [2.75, 3.05) is 11.9 Å². The number of benzene rings is 2. The van der Waals surface area contributed by atoms with Crippen molar-refractivity contribution in [2.24, 2.45) is 5.10 Å². The number of rotatable bonds is 5.